The maximum absolute atomic E-state index is 12.0. The highest BCUT2D eigenvalue weighted by Crippen LogP contribution is 2.20. The molecule has 22 heavy (non-hydrogen) atoms. The van der Waals surface area contributed by atoms with E-state index in [2.05, 4.69) is 20.9 Å². The van der Waals surface area contributed by atoms with Crippen LogP contribution < -0.4 is 20.7 Å². The molecular formula is C15H24N4O3. The SMILES string of the molecule is CCOc1ncccc1NC(=O)N[C@@H](C)C(=O)NC(C)(C)C. The molecule has 1 heterocycles. The van der Waals surface area contributed by atoms with Crippen LogP contribution >= 0.6 is 0 Å². The molecule has 0 aliphatic rings. The summed E-state index contributed by atoms with van der Waals surface area (Å²) in [7, 11) is 0. The van der Waals surface area contributed by atoms with Crippen LogP contribution in [0.3, 0.4) is 0 Å². The first-order chi connectivity index (χ1) is 10.2. The topological polar surface area (TPSA) is 92.3 Å². The van der Waals surface area contributed by atoms with Gasteiger partial charge in [0.15, 0.2) is 0 Å². The van der Waals surface area contributed by atoms with Gasteiger partial charge in [-0.2, -0.15) is 0 Å². The average Bonchev–Trinajstić information content (AvgIpc) is 2.39. The molecule has 1 rings (SSSR count). The van der Waals surface area contributed by atoms with Gasteiger partial charge in [-0.15, -0.1) is 0 Å². The maximum atomic E-state index is 12.0. The quantitative estimate of drug-likeness (QED) is 0.774. The molecule has 0 aromatic carbocycles. The van der Waals surface area contributed by atoms with Crippen LogP contribution in [0.4, 0.5) is 10.5 Å². The number of nitrogens with one attached hydrogen (secondary N) is 3. The normalized spacial score (nSPS) is 12.2. The third kappa shape index (κ3) is 5.99. The Morgan fingerprint density at radius 2 is 2.05 bits per heavy atom. The van der Waals surface area contributed by atoms with Crippen molar-refractivity contribution < 1.29 is 14.3 Å². The smallest absolute Gasteiger partial charge is 0.320 e. The summed E-state index contributed by atoms with van der Waals surface area (Å²) in [5.74, 6) is 0.0887. The zero-order valence-corrected chi connectivity index (χ0v) is 13.7. The van der Waals surface area contributed by atoms with Gasteiger partial charge in [0.05, 0.1) is 6.61 Å². The van der Waals surface area contributed by atoms with Gasteiger partial charge in [-0.25, -0.2) is 9.78 Å². The number of hydrogen-bond donors (Lipinski definition) is 3. The van der Waals surface area contributed by atoms with Crippen LogP contribution in [-0.4, -0.2) is 35.1 Å². The van der Waals surface area contributed by atoms with Crippen LogP contribution in [0, 0.1) is 0 Å². The molecule has 1 atom stereocenters. The maximum Gasteiger partial charge on any atom is 0.320 e. The molecule has 0 radical (unpaired) electrons. The van der Waals surface area contributed by atoms with Gasteiger partial charge < -0.3 is 20.7 Å². The number of ether oxygens (including phenoxy) is 1. The van der Waals surface area contributed by atoms with Crippen molar-refractivity contribution in [1.29, 1.82) is 0 Å². The van der Waals surface area contributed by atoms with Gasteiger partial charge >= 0.3 is 6.03 Å². The number of aromatic nitrogens is 1. The monoisotopic (exact) mass is 308 g/mol. The summed E-state index contributed by atoms with van der Waals surface area (Å²) in [5.41, 5.74) is 0.0971. The van der Waals surface area contributed by atoms with Crippen LogP contribution in [-0.2, 0) is 4.79 Å². The molecule has 0 saturated heterocycles. The van der Waals surface area contributed by atoms with E-state index in [9.17, 15) is 9.59 Å². The molecule has 7 nitrogen and oxygen atoms in total. The zero-order chi connectivity index (χ0) is 16.8. The third-order valence-electron chi connectivity index (χ3n) is 2.54. The van der Waals surface area contributed by atoms with Crippen LogP contribution in [0.1, 0.15) is 34.6 Å². The largest absolute Gasteiger partial charge is 0.476 e. The van der Waals surface area contributed by atoms with Gasteiger partial charge in [0.25, 0.3) is 0 Å². The minimum Gasteiger partial charge on any atom is -0.476 e. The summed E-state index contributed by atoms with van der Waals surface area (Å²) in [4.78, 5) is 27.9. The minimum atomic E-state index is -0.661. The van der Waals surface area contributed by atoms with Gasteiger partial charge in [0, 0.05) is 11.7 Å². The van der Waals surface area contributed by atoms with E-state index in [1.165, 1.54) is 0 Å². The molecule has 1 aromatic heterocycles. The summed E-state index contributed by atoms with van der Waals surface area (Å²) in [6.45, 7) is 9.52. The lowest BCUT2D eigenvalue weighted by atomic mass is 10.1. The van der Waals surface area contributed by atoms with E-state index in [4.69, 9.17) is 4.74 Å². The molecule has 0 spiro atoms. The second-order valence-electron chi connectivity index (χ2n) is 5.85. The van der Waals surface area contributed by atoms with Crippen LogP contribution in [0.2, 0.25) is 0 Å². The number of carbonyl (C=O) groups excluding carboxylic acids is 2. The fourth-order valence-corrected chi connectivity index (χ4v) is 1.64. The van der Waals surface area contributed by atoms with Crippen molar-refractivity contribution >= 4 is 17.6 Å². The van der Waals surface area contributed by atoms with Crippen molar-refractivity contribution in [3.8, 4) is 5.88 Å². The number of nitrogens with zero attached hydrogens (tertiary/aromatic N) is 1. The fourth-order valence-electron chi connectivity index (χ4n) is 1.64. The number of anilines is 1. The highest BCUT2D eigenvalue weighted by atomic mass is 16.5. The second kappa shape index (κ2) is 7.63. The number of pyridine rings is 1. The Kier molecular flexibility index (Phi) is 6.15. The Morgan fingerprint density at radius 1 is 1.36 bits per heavy atom. The van der Waals surface area contributed by atoms with Crippen molar-refractivity contribution in [3.05, 3.63) is 18.3 Å². The Labute approximate surface area is 130 Å². The fraction of sp³-hybridized carbons (Fsp3) is 0.533. The summed E-state index contributed by atoms with van der Waals surface area (Å²) in [5, 5.41) is 8.00. The van der Waals surface area contributed by atoms with E-state index in [0.29, 0.717) is 18.2 Å². The Bertz CT molecular complexity index is 526. The van der Waals surface area contributed by atoms with Gasteiger partial charge in [-0.1, -0.05) is 0 Å². The highest BCUT2D eigenvalue weighted by molar-refractivity contribution is 5.94. The van der Waals surface area contributed by atoms with Crippen molar-refractivity contribution in [2.75, 3.05) is 11.9 Å². The van der Waals surface area contributed by atoms with E-state index in [1.54, 1.807) is 25.3 Å². The second-order valence-corrected chi connectivity index (χ2v) is 5.85. The number of amides is 3. The first-order valence-corrected chi connectivity index (χ1v) is 7.20. The number of rotatable bonds is 5. The Balaban J connectivity index is 2.61. The predicted molar refractivity (Wildman–Crippen MR) is 84.9 cm³/mol. The van der Waals surface area contributed by atoms with Crippen molar-refractivity contribution in [1.82, 2.24) is 15.6 Å². The minimum absolute atomic E-state index is 0.251. The molecule has 3 amide bonds. The summed E-state index contributed by atoms with van der Waals surface area (Å²) < 4.78 is 5.32. The summed E-state index contributed by atoms with van der Waals surface area (Å²) in [6.07, 6.45) is 1.58. The standard InChI is InChI=1S/C15H24N4O3/c1-6-22-13-11(8-7-9-16-13)18-14(21)17-10(2)12(20)19-15(3,4)5/h7-10H,6H2,1-5H3,(H,19,20)(H2,17,18,21)/t10-/m0/s1. The molecule has 3 N–H and O–H groups in total. The Hall–Kier alpha value is -2.31. The molecule has 0 bridgehead atoms. The number of urea groups is 1. The van der Waals surface area contributed by atoms with E-state index in [1.807, 2.05) is 27.7 Å². The molecule has 0 aliphatic carbocycles. The van der Waals surface area contributed by atoms with Crippen LogP contribution in [0.25, 0.3) is 0 Å². The molecule has 122 valence electrons. The average molecular weight is 308 g/mol. The van der Waals surface area contributed by atoms with Crippen LogP contribution in [0.5, 0.6) is 5.88 Å². The van der Waals surface area contributed by atoms with Crippen LogP contribution in [0.15, 0.2) is 18.3 Å². The zero-order valence-electron chi connectivity index (χ0n) is 13.7. The van der Waals surface area contributed by atoms with E-state index >= 15 is 0 Å². The number of hydrogen-bond acceptors (Lipinski definition) is 4. The van der Waals surface area contributed by atoms with E-state index in [0.717, 1.165) is 0 Å². The van der Waals surface area contributed by atoms with Gasteiger partial charge in [-0.3, -0.25) is 4.79 Å². The van der Waals surface area contributed by atoms with Crippen molar-refractivity contribution in [2.45, 2.75) is 46.2 Å². The molecule has 0 saturated carbocycles. The molecule has 0 aliphatic heterocycles. The molecular weight excluding hydrogens is 284 g/mol. The molecule has 0 fully saturated rings. The van der Waals surface area contributed by atoms with E-state index in [-0.39, 0.29) is 11.4 Å². The molecule has 0 unspecified atom stereocenters. The first-order valence-electron chi connectivity index (χ1n) is 7.20. The summed E-state index contributed by atoms with van der Waals surface area (Å²) in [6, 6.07) is 2.21. The highest BCUT2D eigenvalue weighted by Gasteiger charge is 2.21. The van der Waals surface area contributed by atoms with Gasteiger partial charge in [0.1, 0.15) is 11.7 Å². The van der Waals surface area contributed by atoms with Gasteiger partial charge in [-0.05, 0) is 46.8 Å². The predicted octanol–water partition coefficient (Wildman–Crippen LogP) is 1.90. The lowest BCUT2D eigenvalue weighted by Crippen LogP contribution is -2.51. The first kappa shape index (κ1) is 17.7. The number of carbonyl (C=O) groups is 2. The van der Waals surface area contributed by atoms with Gasteiger partial charge in [0.2, 0.25) is 11.8 Å². The Morgan fingerprint density at radius 3 is 2.64 bits per heavy atom. The third-order valence-corrected chi connectivity index (χ3v) is 2.54. The molecule has 1 aromatic rings. The van der Waals surface area contributed by atoms with Crippen molar-refractivity contribution in [3.63, 3.8) is 0 Å². The lowest BCUT2D eigenvalue weighted by Gasteiger charge is -2.23. The molecule has 7 heteroatoms. The lowest BCUT2D eigenvalue weighted by molar-refractivity contribution is -0.123. The summed E-state index contributed by atoms with van der Waals surface area (Å²) >= 11 is 0. The van der Waals surface area contributed by atoms with E-state index < -0.39 is 12.1 Å². The van der Waals surface area contributed by atoms with Crippen molar-refractivity contribution in [2.24, 2.45) is 0 Å².